The predicted octanol–water partition coefficient (Wildman–Crippen LogP) is 0.359. The van der Waals surface area contributed by atoms with E-state index in [1.54, 1.807) is 54.6 Å². The SMILES string of the molecule is COc1ccc(C(=O)C(Cc2cc(OC)c(OC)c(OC)c2)=C(C(=O)[O-])c2ccc3nsnc3c2)cc1.[Na+]. The molecule has 0 saturated heterocycles. The van der Waals surface area contributed by atoms with Gasteiger partial charge < -0.3 is 28.8 Å². The predicted molar refractivity (Wildman–Crippen MR) is 136 cm³/mol. The first kappa shape index (κ1) is 29.1. The smallest absolute Gasteiger partial charge is 0.545 e. The Bertz CT molecular complexity index is 1470. The van der Waals surface area contributed by atoms with Crippen LogP contribution in [0.25, 0.3) is 16.6 Å². The summed E-state index contributed by atoms with van der Waals surface area (Å²) in [7, 11) is 5.95. The molecule has 38 heavy (non-hydrogen) atoms. The summed E-state index contributed by atoms with van der Waals surface area (Å²) < 4.78 is 29.8. The topological polar surface area (TPSA) is 120 Å². The van der Waals surface area contributed by atoms with Gasteiger partial charge in [-0.1, -0.05) is 6.07 Å². The van der Waals surface area contributed by atoms with Gasteiger partial charge in [0.2, 0.25) is 5.75 Å². The number of aromatic nitrogens is 2. The second-order valence-electron chi connectivity index (χ2n) is 7.88. The quantitative estimate of drug-likeness (QED) is 0.159. The van der Waals surface area contributed by atoms with E-state index < -0.39 is 11.8 Å². The minimum Gasteiger partial charge on any atom is -0.545 e. The van der Waals surface area contributed by atoms with Crippen LogP contribution < -0.4 is 53.6 Å². The Morgan fingerprint density at radius 1 is 0.789 bits per heavy atom. The third kappa shape index (κ3) is 5.99. The number of ether oxygens (including phenoxy) is 4. The minimum atomic E-state index is -1.49. The van der Waals surface area contributed by atoms with E-state index in [1.807, 2.05) is 0 Å². The maximum absolute atomic E-state index is 13.8. The number of carbonyl (C=O) groups is 2. The summed E-state index contributed by atoms with van der Waals surface area (Å²) in [5.41, 5.74) is 2.06. The van der Waals surface area contributed by atoms with Crippen LogP contribution in [0.3, 0.4) is 0 Å². The molecule has 0 unspecified atom stereocenters. The Labute approximate surface area is 245 Å². The summed E-state index contributed by atoms with van der Waals surface area (Å²) in [6.45, 7) is 0. The number of carboxylic acid groups (broad SMARTS) is 1. The molecule has 1 heterocycles. The van der Waals surface area contributed by atoms with Crippen LogP contribution >= 0.6 is 11.7 Å². The van der Waals surface area contributed by atoms with Gasteiger partial charge in [0.15, 0.2) is 17.3 Å². The number of aliphatic carboxylic acids is 1. The van der Waals surface area contributed by atoms with Crippen molar-refractivity contribution < 1.29 is 63.2 Å². The molecule has 0 spiro atoms. The molecule has 1 aromatic heterocycles. The van der Waals surface area contributed by atoms with Gasteiger partial charge in [-0.3, -0.25) is 4.79 Å². The van der Waals surface area contributed by atoms with Crippen molar-refractivity contribution in [3.63, 3.8) is 0 Å². The molecule has 190 valence electrons. The molecule has 11 heteroatoms. The van der Waals surface area contributed by atoms with Gasteiger partial charge in [-0.05, 0) is 59.7 Å². The number of ketones is 1. The first-order valence-corrected chi connectivity index (χ1v) is 11.8. The van der Waals surface area contributed by atoms with Crippen molar-refractivity contribution >= 4 is 40.1 Å². The third-order valence-corrected chi connectivity index (χ3v) is 6.34. The van der Waals surface area contributed by atoms with E-state index in [-0.39, 0.29) is 52.7 Å². The number of Topliss-reactive ketones (excluding diaryl/α,β-unsaturated/α-hetero) is 1. The number of carboxylic acids is 1. The van der Waals surface area contributed by atoms with Crippen LogP contribution in [0.4, 0.5) is 0 Å². The number of methoxy groups -OCH3 is 4. The molecular formula is C27H23N2NaO7S. The van der Waals surface area contributed by atoms with E-state index in [4.69, 9.17) is 18.9 Å². The van der Waals surface area contributed by atoms with Gasteiger partial charge in [0, 0.05) is 23.1 Å². The number of hydrogen-bond acceptors (Lipinski definition) is 10. The second-order valence-corrected chi connectivity index (χ2v) is 8.41. The number of nitrogens with zero attached hydrogens (tertiary/aromatic N) is 2. The monoisotopic (exact) mass is 542 g/mol. The van der Waals surface area contributed by atoms with E-state index >= 15 is 0 Å². The van der Waals surface area contributed by atoms with E-state index in [1.165, 1.54) is 28.4 Å². The maximum atomic E-state index is 13.8. The molecule has 0 aliphatic rings. The molecule has 0 saturated carbocycles. The molecule has 0 bridgehead atoms. The molecule has 0 amide bonds. The molecule has 0 radical (unpaired) electrons. The van der Waals surface area contributed by atoms with Crippen LogP contribution in [-0.4, -0.2) is 48.9 Å². The Balaban J connectivity index is 0.00000400. The van der Waals surface area contributed by atoms with E-state index in [0.29, 0.717) is 45.2 Å². The van der Waals surface area contributed by atoms with Gasteiger partial charge in [0.25, 0.3) is 0 Å². The summed E-state index contributed by atoms with van der Waals surface area (Å²) in [4.78, 5) is 26.4. The Morgan fingerprint density at radius 2 is 1.39 bits per heavy atom. The molecule has 0 atom stereocenters. The van der Waals surface area contributed by atoms with Crippen LogP contribution in [0.15, 0.2) is 60.2 Å². The molecule has 4 aromatic rings. The second kappa shape index (κ2) is 12.9. The molecule has 9 nitrogen and oxygen atoms in total. The summed E-state index contributed by atoms with van der Waals surface area (Å²) >= 11 is 1.01. The molecule has 0 aliphatic heterocycles. The number of hydrogen-bond donors (Lipinski definition) is 0. The van der Waals surface area contributed by atoms with E-state index in [9.17, 15) is 14.7 Å². The van der Waals surface area contributed by atoms with Crippen LogP contribution in [0.2, 0.25) is 0 Å². The fraction of sp³-hybridized carbons (Fsp3) is 0.185. The first-order valence-electron chi connectivity index (χ1n) is 11.0. The van der Waals surface area contributed by atoms with Crippen molar-refractivity contribution in [3.05, 3.63) is 76.9 Å². The zero-order valence-corrected chi connectivity index (χ0v) is 24.4. The number of rotatable bonds is 10. The van der Waals surface area contributed by atoms with Crippen LogP contribution in [0, 0.1) is 0 Å². The molecule has 0 fully saturated rings. The Kier molecular flexibility index (Phi) is 9.87. The standard InChI is InChI=1S/C27H24N2O7S.Na/c1-33-18-8-5-16(6-9-18)25(30)19(11-15-12-22(34-2)26(36-4)23(13-15)35-3)24(27(31)32)17-7-10-20-21(14-17)29-37-28-20;/h5-10,12-14H,11H2,1-4H3,(H,31,32);/q;+1/p-1. The third-order valence-electron chi connectivity index (χ3n) is 5.78. The Hall–Kier alpha value is -3.44. The molecular weight excluding hydrogens is 519 g/mol. The summed E-state index contributed by atoms with van der Waals surface area (Å²) in [6.07, 6.45) is -0.0573. The zero-order chi connectivity index (χ0) is 26.5. The van der Waals surface area contributed by atoms with E-state index in [0.717, 1.165) is 11.7 Å². The van der Waals surface area contributed by atoms with Crippen LogP contribution in [-0.2, 0) is 11.2 Å². The first-order chi connectivity index (χ1) is 17.9. The van der Waals surface area contributed by atoms with Crippen molar-refractivity contribution in [3.8, 4) is 23.0 Å². The largest absolute Gasteiger partial charge is 1.00 e. The number of fused-ring (bicyclic) bond motifs is 1. The van der Waals surface area contributed by atoms with Crippen molar-refractivity contribution in [2.75, 3.05) is 28.4 Å². The van der Waals surface area contributed by atoms with Crippen molar-refractivity contribution in [1.29, 1.82) is 0 Å². The summed E-state index contributed by atoms with van der Waals surface area (Å²) in [6, 6.07) is 14.6. The van der Waals surface area contributed by atoms with Gasteiger partial charge in [-0.15, -0.1) is 0 Å². The normalized spacial score (nSPS) is 11.3. The Morgan fingerprint density at radius 3 is 1.95 bits per heavy atom. The average molecular weight is 543 g/mol. The summed E-state index contributed by atoms with van der Waals surface area (Å²) in [5, 5.41) is 12.5. The number of allylic oxidation sites excluding steroid dienone is 1. The minimum absolute atomic E-state index is 0. The fourth-order valence-electron chi connectivity index (χ4n) is 3.99. The van der Waals surface area contributed by atoms with Gasteiger partial charge >= 0.3 is 29.6 Å². The van der Waals surface area contributed by atoms with Crippen molar-refractivity contribution in [2.45, 2.75) is 6.42 Å². The van der Waals surface area contributed by atoms with E-state index in [2.05, 4.69) is 8.75 Å². The van der Waals surface area contributed by atoms with Gasteiger partial charge in [0.1, 0.15) is 16.8 Å². The van der Waals surface area contributed by atoms with Gasteiger partial charge in [-0.25, -0.2) is 0 Å². The fourth-order valence-corrected chi connectivity index (χ4v) is 4.51. The zero-order valence-electron chi connectivity index (χ0n) is 21.6. The number of benzene rings is 3. The molecule has 0 N–H and O–H groups in total. The van der Waals surface area contributed by atoms with Crippen LogP contribution in [0.1, 0.15) is 21.5 Å². The van der Waals surface area contributed by atoms with Crippen molar-refractivity contribution in [1.82, 2.24) is 8.75 Å². The molecule has 4 rings (SSSR count). The summed E-state index contributed by atoms with van der Waals surface area (Å²) in [5.74, 6) is -0.286. The average Bonchev–Trinajstić information content (AvgIpc) is 3.39. The van der Waals surface area contributed by atoms with Crippen LogP contribution in [0.5, 0.6) is 23.0 Å². The molecule has 3 aromatic carbocycles. The van der Waals surface area contributed by atoms with Gasteiger partial charge in [-0.2, -0.15) is 8.75 Å². The van der Waals surface area contributed by atoms with Crippen molar-refractivity contribution in [2.24, 2.45) is 0 Å². The molecule has 0 aliphatic carbocycles. The van der Waals surface area contributed by atoms with Gasteiger partial charge in [0.05, 0.1) is 46.1 Å². The maximum Gasteiger partial charge on any atom is 1.00 e. The number of carbonyl (C=O) groups excluding carboxylic acids is 2.